The molecule has 0 saturated carbocycles. The van der Waals surface area contributed by atoms with Crippen molar-refractivity contribution in [2.24, 2.45) is 5.92 Å². The highest BCUT2D eigenvalue weighted by molar-refractivity contribution is 5.69. The Bertz CT molecular complexity index is 707. The van der Waals surface area contributed by atoms with Crippen molar-refractivity contribution in [3.8, 4) is 11.1 Å². The van der Waals surface area contributed by atoms with Crippen LogP contribution in [-0.4, -0.2) is 30.6 Å². The molecule has 0 unspecified atom stereocenters. The van der Waals surface area contributed by atoms with E-state index < -0.39 is 0 Å². The van der Waals surface area contributed by atoms with E-state index in [-0.39, 0.29) is 5.97 Å². The average molecular weight is 338 g/mol. The first-order valence-corrected chi connectivity index (χ1v) is 9.10. The van der Waals surface area contributed by atoms with Crippen LogP contribution in [0.25, 0.3) is 11.1 Å². The van der Waals surface area contributed by atoms with Crippen LogP contribution in [0, 0.1) is 12.8 Å². The molecule has 1 aromatic heterocycles. The molecule has 1 saturated heterocycles. The second-order valence-electron chi connectivity index (χ2n) is 6.67. The fourth-order valence-electron chi connectivity index (χ4n) is 3.49. The van der Waals surface area contributed by atoms with Gasteiger partial charge in [0, 0.05) is 31.3 Å². The number of hydrogen-bond acceptors (Lipinski definition) is 4. The Kier molecular flexibility index (Phi) is 5.69. The number of aromatic nitrogens is 1. The van der Waals surface area contributed by atoms with Gasteiger partial charge in [0.25, 0.3) is 0 Å². The molecular formula is C21H26N2O2. The molecule has 2 heterocycles. The summed E-state index contributed by atoms with van der Waals surface area (Å²) in [5.74, 6) is 1.43. The summed E-state index contributed by atoms with van der Waals surface area (Å²) >= 11 is 0. The molecule has 0 spiro atoms. The molecule has 0 aliphatic carbocycles. The summed E-state index contributed by atoms with van der Waals surface area (Å²) < 4.78 is 5.07. The van der Waals surface area contributed by atoms with Gasteiger partial charge in [-0.25, -0.2) is 4.98 Å². The molecular weight excluding hydrogens is 312 g/mol. The Morgan fingerprint density at radius 3 is 2.56 bits per heavy atom. The summed E-state index contributed by atoms with van der Waals surface area (Å²) in [7, 11) is 0. The van der Waals surface area contributed by atoms with Crippen LogP contribution >= 0.6 is 0 Å². The first-order valence-electron chi connectivity index (χ1n) is 9.10. The molecule has 0 bridgehead atoms. The lowest BCUT2D eigenvalue weighted by molar-refractivity contribution is -0.144. The van der Waals surface area contributed by atoms with Crippen LogP contribution in [0.2, 0.25) is 0 Å². The molecule has 3 rings (SSSR count). The highest BCUT2D eigenvalue weighted by atomic mass is 16.5. The van der Waals surface area contributed by atoms with E-state index >= 15 is 0 Å². The Hall–Kier alpha value is -2.36. The second-order valence-corrected chi connectivity index (χ2v) is 6.67. The van der Waals surface area contributed by atoms with Crippen molar-refractivity contribution >= 4 is 11.8 Å². The summed E-state index contributed by atoms with van der Waals surface area (Å²) in [6.07, 6.45) is 4.53. The van der Waals surface area contributed by atoms with Gasteiger partial charge in [-0.3, -0.25) is 4.79 Å². The van der Waals surface area contributed by atoms with Gasteiger partial charge in [-0.15, -0.1) is 0 Å². The number of ether oxygens (including phenoxy) is 1. The number of hydrogen-bond donors (Lipinski definition) is 0. The monoisotopic (exact) mass is 338 g/mol. The highest BCUT2D eigenvalue weighted by Crippen LogP contribution is 2.28. The number of pyridine rings is 1. The zero-order valence-corrected chi connectivity index (χ0v) is 15.1. The van der Waals surface area contributed by atoms with Gasteiger partial charge in [0.1, 0.15) is 5.82 Å². The molecule has 0 amide bonds. The maximum Gasteiger partial charge on any atom is 0.306 e. The van der Waals surface area contributed by atoms with Crippen LogP contribution in [0.15, 0.2) is 42.6 Å². The third kappa shape index (κ3) is 4.38. The number of anilines is 1. The number of esters is 1. The van der Waals surface area contributed by atoms with Crippen molar-refractivity contribution in [3.05, 3.63) is 48.2 Å². The van der Waals surface area contributed by atoms with E-state index in [9.17, 15) is 4.79 Å². The van der Waals surface area contributed by atoms with Crippen LogP contribution in [0.4, 0.5) is 5.82 Å². The number of aryl methyl sites for hydroxylation is 1. The number of carbonyl (C=O) groups is 1. The molecule has 1 aromatic carbocycles. The molecule has 1 aliphatic rings. The average Bonchev–Trinajstić information content (AvgIpc) is 2.63. The number of piperidine rings is 1. The van der Waals surface area contributed by atoms with E-state index in [4.69, 9.17) is 9.72 Å². The van der Waals surface area contributed by atoms with E-state index in [1.807, 2.05) is 31.3 Å². The van der Waals surface area contributed by atoms with Crippen LogP contribution in [-0.2, 0) is 9.53 Å². The topological polar surface area (TPSA) is 42.4 Å². The molecule has 0 atom stereocenters. The van der Waals surface area contributed by atoms with Gasteiger partial charge in [0.05, 0.1) is 6.61 Å². The summed E-state index contributed by atoms with van der Waals surface area (Å²) in [4.78, 5) is 18.7. The third-order valence-corrected chi connectivity index (χ3v) is 4.83. The smallest absolute Gasteiger partial charge is 0.306 e. The lowest BCUT2D eigenvalue weighted by Gasteiger charge is -2.33. The number of rotatable bonds is 5. The van der Waals surface area contributed by atoms with Crippen molar-refractivity contribution in [2.75, 3.05) is 24.6 Å². The van der Waals surface area contributed by atoms with Crippen LogP contribution in [0.5, 0.6) is 0 Å². The van der Waals surface area contributed by atoms with Gasteiger partial charge in [0.15, 0.2) is 0 Å². The Balaban J connectivity index is 1.63. The van der Waals surface area contributed by atoms with E-state index in [2.05, 4.69) is 30.0 Å². The Morgan fingerprint density at radius 2 is 1.92 bits per heavy atom. The van der Waals surface area contributed by atoms with Gasteiger partial charge in [-0.1, -0.05) is 30.3 Å². The normalized spacial score (nSPS) is 15.2. The quantitative estimate of drug-likeness (QED) is 0.765. The molecule has 1 fully saturated rings. The van der Waals surface area contributed by atoms with Crippen molar-refractivity contribution in [3.63, 3.8) is 0 Å². The van der Waals surface area contributed by atoms with Crippen molar-refractivity contribution < 1.29 is 9.53 Å². The molecule has 1 aliphatic heterocycles. The first-order chi connectivity index (χ1) is 12.2. The van der Waals surface area contributed by atoms with E-state index in [0.717, 1.165) is 37.3 Å². The molecule has 4 nitrogen and oxygen atoms in total. The lowest BCUT2D eigenvalue weighted by atomic mass is 9.93. The van der Waals surface area contributed by atoms with Crippen LogP contribution in [0.1, 0.15) is 31.7 Å². The molecule has 25 heavy (non-hydrogen) atoms. The van der Waals surface area contributed by atoms with Gasteiger partial charge >= 0.3 is 5.97 Å². The number of nitrogens with zero attached hydrogens (tertiary/aromatic N) is 2. The summed E-state index contributed by atoms with van der Waals surface area (Å²) in [6.45, 7) is 6.34. The van der Waals surface area contributed by atoms with Crippen LogP contribution in [0.3, 0.4) is 0 Å². The second kappa shape index (κ2) is 8.15. The molecule has 132 valence electrons. The van der Waals surface area contributed by atoms with E-state index in [0.29, 0.717) is 18.9 Å². The lowest BCUT2D eigenvalue weighted by Crippen LogP contribution is -2.35. The Labute approximate surface area is 149 Å². The minimum Gasteiger partial charge on any atom is -0.466 e. The maximum absolute atomic E-state index is 11.6. The fourth-order valence-corrected chi connectivity index (χ4v) is 3.49. The largest absolute Gasteiger partial charge is 0.466 e. The minimum atomic E-state index is -0.0672. The third-order valence-electron chi connectivity index (χ3n) is 4.83. The Morgan fingerprint density at radius 1 is 1.20 bits per heavy atom. The molecule has 0 N–H and O–H groups in total. The number of benzene rings is 1. The minimum absolute atomic E-state index is 0.0672. The van der Waals surface area contributed by atoms with Crippen LogP contribution < -0.4 is 4.90 Å². The standard InChI is InChI=1S/C21H26N2O2/c1-3-25-20(24)14-17-9-11-23(12-10-17)21-16(2)13-19(15-22-21)18-7-5-4-6-8-18/h4-8,13,15,17H,3,9-12,14H2,1-2H3. The maximum atomic E-state index is 11.6. The zero-order chi connectivity index (χ0) is 17.6. The summed E-state index contributed by atoms with van der Waals surface area (Å²) in [6, 6.07) is 12.6. The fraction of sp³-hybridized carbons (Fsp3) is 0.429. The molecule has 0 radical (unpaired) electrons. The number of carbonyl (C=O) groups excluding carboxylic acids is 1. The van der Waals surface area contributed by atoms with Gasteiger partial charge < -0.3 is 9.64 Å². The van der Waals surface area contributed by atoms with E-state index in [1.54, 1.807) is 0 Å². The van der Waals surface area contributed by atoms with E-state index in [1.165, 1.54) is 11.1 Å². The van der Waals surface area contributed by atoms with Crippen molar-refractivity contribution in [1.29, 1.82) is 0 Å². The summed E-state index contributed by atoms with van der Waals surface area (Å²) in [5.41, 5.74) is 3.54. The van der Waals surface area contributed by atoms with Gasteiger partial charge in [-0.05, 0) is 49.8 Å². The first kappa shape index (κ1) is 17.5. The highest BCUT2D eigenvalue weighted by Gasteiger charge is 2.23. The SMILES string of the molecule is CCOC(=O)CC1CCN(c2ncc(-c3ccccc3)cc2C)CC1. The van der Waals surface area contributed by atoms with Crippen molar-refractivity contribution in [1.82, 2.24) is 4.98 Å². The predicted molar refractivity (Wildman–Crippen MR) is 101 cm³/mol. The van der Waals surface area contributed by atoms with Gasteiger partial charge in [0.2, 0.25) is 0 Å². The zero-order valence-electron chi connectivity index (χ0n) is 15.1. The molecule has 4 heteroatoms. The van der Waals surface area contributed by atoms with Gasteiger partial charge in [-0.2, -0.15) is 0 Å². The van der Waals surface area contributed by atoms with Crippen molar-refractivity contribution in [2.45, 2.75) is 33.1 Å². The summed E-state index contributed by atoms with van der Waals surface area (Å²) in [5, 5.41) is 0. The molecule has 2 aromatic rings. The predicted octanol–water partition coefficient (Wildman–Crippen LogP) is 4.23.